The Morgan fingerprint density at radius 2 is 0.357 bits per heavy atom. The molecule has 0 aromatic carbocycles. The van der Waals surface area contributed by atoms with Crippen molar-refractivity contribution in [1.29, 1.82) is 0 Å². The van der Waals surface area contributed by atoms with Crippen molar-refractivity contribution in [3.8, 4) is 0 Å². The summed E-state index contributed by atoms with van der Waals surface area (Å²) < 4.78 is 152. The van der Waals surface area contributed by atoms with E-state index < -0.39 is 60.7 Å². The predicted octanol–water partition coefficient (Wildman–Crippen LogP) is -0.843. The molecule has 0 saturated heterocycles. The second-order valence-corrected chi connectivity index (χ2v) is 18.1. The van der Waals surface area contributed by atoms with Gasteiger partial charge in [0.25, 0.3) is 60.7 Å². The molecule has 0 heterocycles. The molecule has 0 atom stereocenters. The fourth-order valence-electron chi connectivity index (χ4n) is 1.87. The molecular weight excluding hydrogens is 697 g/mol. The van der Waals surface area contributed by atoms with Crippen LogP contribution in [0, 0.1) is 0 Å². The fourth-order valence-corrected chi connectivity index (χ4v) is 4.40. The molecule has 0 fully saturated rings. The largest absolute Gasteiger partial charge is 0.270 e. The lowest BCUT2D eigenvalue weighted by molar-refractivity contribution is 0.273. The molecule has 24 heteroatoms. The third-order valence-corrected chi connectivity index (χ3v) is 6.97. The summed E-state index contributed by atoms with van der Waals surface area (Å²) in [5, 5.41) is 0. The molecule has 258 valence electrons. The van der Waals surface area contributed by atoms with Crippen molar-refractivity contribution in [3.05, 3.63) is 0 Å². The average molecular weight is 739 g/mol. The zero-order valence-electron chi connectivity index (χ0n) is 24.3. The quantitative estimate of drug-likeness (QED) is 0.103. The van der Waals surface area contributed by atoms with Crippen LogP contribution in [-0.4, -0.2) is 128 Å². The molecule has 0 N–H and O–H groups in total. The molecule has 0 spiro atoms. The number of unbranched alkanes of at least 4 members (excludes halogenated alkanes) is 3. The molecule has 0 rings (SSSR count). The standard InChI is InChI=1S/3C6H14O6S2/c3*1-13(7,8)11-5-3-4-6-12-14(2,9)10/h3*3-6H2,1-2H3. The van der Waals surface area contributed by atoms with Gasteiger partial charge in [0.2, 0.25) is 0 Å². The van der Waals surface area contributed by atoms with E-state index >= 15 is 0 Å². The van der Waals surface area contributed by atoms with Gasteiger partial charge in [-0.2, -0.15) is 50.5 Å². The molecule has 0 aliphatic carbocycles. The first-order valence-corrected chi connectivity index (χ1v) is 22.6. The maximum atomic E-state index is 10.5. The van der Waals surface area contributed by atoms with Crippen molar-refractivity contribution in [2.24, 2.45) is 0 Å². The Balaban J connectivity index is -0.000000543. The van der Waals surface area contributed by atoms with Gasteiger partial charge < -0.3 is 0 Å². The minimum Gasteiger partial charge on any atom is -0.270 e. The molecule has 0 aromatic heterocycles. The topological polar surface area (TPSA) is 260 Å². The third kappa shape index (κ3) is 55.4. The lowest BCUT2D eigenvalue weighted by atomic mass is 10.3. The summed E-state index contributed by atoms with van der Waals surface area (Å²) in [6, 6.07) is 0. The van der Waals surface area contributed by atoms with Crippen molar-refractivity contribution in [3.63, 3.8) is 0 Å². The highest BCUT2D eigenvalue weighted by molar-refractivity contribution is 7.87. The lowest BCUT2D eigenvalue weighted by Gasteiger charge is -2.01. The van der Waals surface area contributed by atoms with Crippen molar-refractivity contribution >= 4 is 60.7 Å². The Bertz CT molecular complexity index is 1080. The Morgan fingerprint density at radius 3 is 0.429 bits per heavy atom. The maximum absolute atomic E-state index is 10.5. The molecule has 0 unspecified atom stereocenters. The van der Waals surface area contributed by atoms with Crippen molar-refractivity contribution in [2.75, 3.05) is 77.2 Å². The van der Waals surface area contributed by atoms with Gasteiger partial charge >= 0.3 is 0 Å². The first kappa shape index (κ1) is 45.9. The highest BCUT2D eigenvalue weighted by Crippen LogP contribution is 1.99. The highest BCUT2D eigenvalue weighted by Gasteiger charge is 2.05. The van der Waals surface area contributed by atoms with Gasteiger partial charge in [-0.15, -0.1) is 0 Å². The lowest BCUT2D eigenvalue weighted by Crippen LogP contribution is -2.07. The molecule has 0 aromatic rings. The summed E-state index contributed by atoms with van der Waals surface area (Å²) in [5.41, 5.74) is 0. The second-order valence-electron chi connectivity index (χ2n) is 8.28. The highest BCUT2D eigenvalue weighted by atomic mass is 32.2. The number of hydrogen-bond donors (Lipinski definition) is 0. The van der Waals surface area contributed by atoms with Crippen LogP contribution in [0.3, 0.4) is 0 Å². The van der Waals surface area contributed by atoms with Crippen LogP contribution in [0.1, 0.15) is 38.5 Å². The SMILES string of the molecule is CS(=O)(=O)OCCCCOS(C)(=O)=O.CS(=O)(=O)OCCCCOS(C)(=O)=O.CS(=O)(=O)OCCCCOS(C)(=O)=O. The minimum absolute atomic E-state index is 0.0476. The Morgan fingerprint density at radius 1 is 0.262 bits per heavy atom. The predicted molar refractivity (Wildman–Crippen MR) is 152 cm³/mol. The number of hydrogen-bond acceptors (Lipinski definition) is 18. The van der Waals surface area contributed by atoms with Crippen LogP contribution in [-0.2, 0) is 85.8 Å². The average Bonchev–Trinajstić information content (AvgIpc) is 2.72. The van der Waals surface area contributed by atoms with E-state index in [1.54, 1.807) is 0 Å². The second kappa shape index (κ2) is 22.0. The molecule has 0 aliphatic heterocycles. The van der Waals surface area contributed by atoms with E-state index in [2.05, 4.69) is 25.1 Å². The van der Waals surface area contributed by atoms with Gasteiger partial charge in [0.15, 0.2) is 0 Å². The van der Waals surface area contributed by atoms with Crippen molar-refractivity contribution in [1.82, 2.24) is 0 Å². The number of rotatable bonds is 21. The van der Waals surface area contributed by atoms with E-state index in [9.17, 15) is 50.5 Å². The maximum Gasteiger partial charge on any atom is 0.264 e. The van der Waals surface area contributed by atoms with Crippen LogP contribution in [0.2, 0.25) is 0 Å². The monoisotopic (exact) mass is 738 g/mol. The van der Waals surface area contributed by atoms with Gasteiger partial charge in [0.1, 0.15) is 0 Å². The Labute approximate surface area is 251 Å². The zero-order chi connectivity index (χ0) is 33.7. The van der Waals surface area contributed by atoms with E-state index in [1.807, 2.05) is 0 Å². The summed E-state index contributed by atoms with van der Waals surface area (Å²) in [7, 11) is -20.4. The van der Waals surface area contributed by atoms with Crippen LogP contribution < -0.4 is 0 Å². The van der Waals surface area contributed by atoms with Gasteiger partial charge in [-0.3, -0.25) is 25.1 Å². The molecule has 18 nitrogen and oxygen atoms in total. The van der Waals surface area contributed by atoms with E-state index in [0.717, 1.165) is 37.5 Å². The summed E-state index contributed by atoms with van der Waals surface area (Å²) in [6.45, 7) is 0.285. The summed E-state index contributed by atoms with van der Waals surface area (Å²) in [4.78, 5) is 0. The van der Waals surface area contributed by atoms with E-state index in [4.69, 9.17) is 0 Å². The Kier molecular flexibility index (Phi) is 24.1. The van der Waals surface area contributed by atoms with Gasteiger partial charge in [-0.05, 0) is 38.5 Å². The van der Waals surface area contributed by atoms with E-state index in [-0.39, 0.29) is 39.6 Å². The fraction of sp³-hybridized carbons (Fsp3) is 1.00. The van der Waals surface area contributed by atoms with Gasteiger partial charge in [-0.25, -0.2) is 0 Å². The van der Waals surface area contributed by atoms with Crippen LogP contribution in [0.4, 0.5) is 0 Å². The van der Waals surface area contributed by atoms with Crippen molar-refractivity contribution in [2.45, 2.75) is 38.5 Å². The molecule has 0 saturated carbocycles. The molecule has 0 aliphatic rings. The van der Waals surface area contributed by atoms with Crippen molar-refractivity contribution < 1.29 is 75.6 Å². The van der Waals surface area contributed by atoms with Gasteiger partial charge in [0, 0.05) is 0 Å². The third-order valence-electron chi connectivity index (χ3n) is 3.40. The molecule has 0 amide bonds. The van der Waals surface area contributed by atoms with Crippen LogP contribution >= 0.6 is 0 Å². The summed E-state index contributed by atoms with van der Waals surface area (Å²) >= 11 is 0. The van der Waals surface area contributed by atoms with E-state index in [0.29, 0.717) is 38.5 Å². The zero-order valence-corrected chi connectivity index (χ0v) is 29.2. The van der Waals surface area contributed by atoms with Crippen LogP contribution in [0.25, 0.3) is 0 Å². The van der Waals surface area contributed by atoms with E-state index in [1.165, 1.54) is 0 Å². The normalized spacial score (nSPS) is 13.0. The first-order chi connectivity index (χ1) is 18.6. The molecular formula is C18H42O18S6. The summed E-state index contributed by atoms with van der Waals surface area (Å²) in [6.07, 6.45) is 8.35. The minimum atomic E-state index is -3.40. The molecule has 0 bridgehead atoms. The van der Waals surface area contributed by atoms with Gasteiger partial charge in [-0.1, -0.05) is 0 Å². The Hall–Kier alpha value is -0.540. The summed E-state index contributed by atoms with van der Waals surface area (Å²) in [5.74, 6) is 0. The van der Waals surface area contributed by atoms with Crippen LogP contribution in [0.5, 0.6) is 0 Å². The van der Waals surface area contributed by atoms with Crippen LogP contribution in [0.15, 0.2) is 0 Å². The smallest absolute Gasteiger partial charge is 0.264 e. The molecule has 0 radical (unpaired) electrons. The van der Waals surface area contributed by atoms with Gasteiger partial charge in [0.05, 0.1) is 77.2 Å². The first-order valence-electron chi connectivity index (χ1n) is 11.7. The molecule has 42 heavy (non-hydrogen) atoms.